The summed E-state index contributed by atoms with van der Waals surface area (Å²) in [5.74, 6) is 2.08. The lowest BCUT2D eigenvalue weighted by Gasteiger charge is -2.29. The average molecular weight is 435 g/mol. The van der Waals surface area contributed by atoms with Crippen LogP contribution in [0.2, 0.25) is 0 Å². The second-order valence-corrected chi connectivity index (χ2v) is 8.10. The Morgan fingerprint density at radius 1 is 1.25 bits per heavy atom. The van der Waals surface area contributed by atoms with Gasteiger partial charge in [-0.15, -0.1) is 0 Å². The standard InChI is InChI=1S/C23H26N6O3/c1-15(30)29-9-8-20-19(13-29)22(25-11-18-3-2-10-31-18)28-23(27-20)26-17-6-4-16(5-7-17)21-12-24-14-32-21/h4-7,12,14,18H,2-3,8-11,13H2,1H3,(H2,25,26,27,28)/t18-/m0/s1. The summed E-state index contributed by atoms with van der Waals surface area (Å²) in [6.07, 6.45) is 6.12. The van der Waals surface area contributed by atoms with Crippen LogP contribution in [0.3, 0.4) is 0 Å². The Labute approximate surface area is 186 Å². The molecule has 0 radical (unpaired) electrons. The van der Waals surface area contributed by atoms with E-state index in [2.05, 4.69) is 15.6 Å². The van der Waals surface area contributed by atoms with E-state index in [1.807, 2.05) is 29.2 Å². The first-order valence-corrected chi connectivity index (χ1v) is 10.9. The van der Waals surface area contributed by atoms with E-state index in [9.17, 15) is 4.79 Å². The van der Waals surface area contributed by atoms with Crippen LogP contribution in [0.15, 0.2) is 41.3 Å². The molecule has 1 aromatic carbocycles. The highest BCUT2D eigenvalue weighted by Gasteiger charge is 2.25. The molecular weight excluding hydrogens is 408 g/mol. The van der Waals surface area contributed by atoms with Crippen molar-refractivity contribution >= 4 is 23.4 Å². The largest absolute Gasteiger partial charge is 0.444 e. The van der Waals surface area contributed by atoms with Crippen LogP contribution in [0.5, 0.6) is 0 Å². The number of hydrogen-bond acceptors (Lipinski definition) is 8. The molecule has 2 aromatic heterocycles. The van der Waals surface area contributed by atoms with Crippen LogP contribution in [0.4, 0.5) is 17.5 Å². The van der Waals surface area contributed by atoms with Crippen LogP contribution in [-0.2, 0) is 22.5 Å². The lowest BCUT2D eigenvalue weighted by molar-refractivity contribution is -0.129. The van der Waals surface area contributed by atoms with Crippen LogP contribution in [0.1, 0.15) is 31.0 Å². The number of nitrogens with zero attached hydrogens (tertiary/aromatic N) is 4. The smallest absolute Gasteiger partial charge is 0.229 e. The summed E-state index contributed by atoms with van der Waals surface area (Å²) in [4.78, 5) is 27.2. The van der Waals surface area contributed by atoms with Gasteiger partial charge in [0.2, 0.25) is 11.9 Å². The molecule has 32 heavy (non-hydrogen) atoms. The Balaban J connectivity index is 1.38. The fraction of sp³-hybridized carbons (Fsp3) is 0.391. The molecule has 1 fully saturated rings. The van der Waals surface area contributed by atoms with Gasteiger partial charge in [0.15, 0.2) is 12.2 Å². The number of amides is 1. The van der Waals surface area contributed by atoms with E-state index in [0.717, 1.165) is 53.5 Å². The molecule has 2 aliphatic rings. The van der Waals surface area contributed by atoms with Gasteiger partial charge in [-0.3, -0.25) is 4.79 Å². The van der Waals surface area contributed by atoms with Crippen molar-refractivity contribution < 1.29 is 13.9 Å². The van der Waals surface area contributed by atoms with Gasteiger partial charge in [-0.25, -0.2) is 9.97 Å². The van der Waals surface area contributed by atoms with Gasteiger partial charge in [0.25, 0.3) is 0 Å². The van der Waals surface area contributed by atoms with E-state index in [-0.39, 0.29) is 12.0 Å². The fourth-order valence-electron chi connectivity index (χ4n) is 4.11. The number of fused-ring (bicyclic) bond motifs is 1. The van der Waals surface area contributed by atoms with Gasteiger partial charge in [-0.1, -0.05) is 0 Å². The molecule has 4 heterocycles. The topological polar surface area (TPSA) is 105 Å². The first kappa shape index (κ1) is 20.4. The summed E-state index contributed by atoms with van der Waals surface area (Å²) in [5, 5.41) is 6.76. The SMILES string of the molecule is CC(=O)N1CCc2nc(Nc3ccc(-c4cnco4)cc3)nc(NC[C@@H]3CCCO3)c2C1. The lowest BCUT2D eigenvalue weighted by atomic mass is 10.1. The maximum atomic E-state index is 11.9. The Hall–Kier alpha value is -3.46. The molecule has 9 nitrogen and oxygen atoms in total. The number of benzene rings is 1. The zero-order valence-electron chi connectivity index (χ0n) is 18.0. The van der Waals surface area contributed by atoms with Crippen molar-refractivity contribution in [3.05, 3.63) is 48.1 Å². The zero-order chi connectivity index (χ0) is 21.9. The molecule has 5 rings (SSSR count). The maximum absolute atomic E-state index is 11.9. The number of ether oxygens (including phenoxy) is 1. The minimum atomic E-state index is 0.0646. The molecule has 2 aliphatic heterocycles. The van der Waals surface area contributed by atoms with Crippen molar-refractivity contribution in [3.8, 4) is 11.3 Å². The maximum Gasteiger partial charge on any atom is 0.229 e. The molecule has 1 amide bonds. The highest BCUT2D eigenvalue weighted by Crippen LogP contribution is 2.28. The molecule has 0 aliphatic carbocycles. The summed E-state index contributed by atoms with van der Waals surface area (Å²) in [5.41, 5.74) is 3.77. The van der Waals surface area contributed by atoms with Gasteiger partial charge in [-0.2, -0.15) is 4.98 Å². The van der Waals surface area contributed by atoms with Crippen LogP contribution in [-0.4, -0.2) is 51.6 Å². The quantitative estimate of drug-likeness (QED) is 0.608. The number of carbonyl (C=O) groups is 1. The molecule has 0 unspecified atom stereocenters. The minimum Gasteiger partial charge on any atom is -0.444 e. The van der Waals surface area contributed by atoms with Gasteiger partial charge in [0.05, 0.1) is 24.5 Å². The predicted octanol–water partition coefficient (Wildman–Crippen LogP) is 3.37. The zero-order valence-corrected chi connectivity index (χ0v) is 18.0. The number of aromatic nitrogens is 3. The number of hydrogen-bond donors (Lipinski definition) is 2. The molecule has 1 atom stereocenters. The number of anilines is 3. The average Bonchev–Trinajstić information content (AvgIpc) is 3.52. The number of nitrogens with one attached hydrogen (secondary N) is 2. The molecular formula is C23H26N6O3. The fourth-order valence-corrected chi connectivity index (χ4v) is 4.11. The first-order chi connectivity index (χ1) is 15.7. The van der Waals surface area contributed by atoms with Gasteiger partial charge >= 0.3 is 0 Å². The molecule has 0 bridgehead atoms. The third-order valence-corrected chi connectivity index (χ3v) is 5.88. The van der Waals surface area contributed by atoms with Crippen LogP contribution in [0, 0.1) is 0 Å². The highest BCUT2D eigenvalue weighted by atomic mass is 16.5. The number of carbonyl (C=O) groups excluding carboxylic acids is 1. The normalized spacial score (nSPS) is 17.8. The second kappa shape index (κ2) is 8.96. The monoisotopic (exact) mass is 434 g/mol. The molecule has 1 saturated heterocycles. The van der Waals surface area contributed by atoms with Crippen molar-refractivity contribution in [3.63, 3.8) is 0 Å². The molecule has 0 saturated carbocycles. The third kappa shape index (κ3) is 4.43. The van der Waals surface area contributed by atoms with E-state index in [4.69, 9.17) is 19.1 Å². The van der Waals surface area contributed by atoms with Crippen molar-refractivity contribution in [2.24, 2.45) is 0 Å². The molecule has 0 spiro atoms. The number of rotatable bonds is 6. The molecule has 166 valence electrons. The van der Waals surface area contributed by atoms with Gasteiger partial charge in [0, 0.05) is 49.9 Å². The molecule has 2 N–H and O–H groups in total. The molecule has 3 aromatic rings. The first-order valence-electron chi connectivity index (χ1n) is 10.9. The Morgan fingerprint density at radius 3 is 2.84 bits per heavy atom. The summed E-state index contributed by atoms with van der Waals surface area (Å²) in [6.45, 7) is 4.28. The summed E-state index contributed by atoms with van der Waals surface area (Å²) >= 11 is 0. The molecule has 9 heteroatoms. The van der Waals surface area contributed by atoms with Crippen molar-refractivity contribution in [1.82, 2.24) is 19.9 Å². The van der Waals surface area contributed by atoms with E-state index in [1.54, 1.807) is 13.1 Å². The summed E-state index contributed by atoms with van der Waals surface area (Å²) in [6, 6.07) is 7.83. The van der Waals surface area contributed by atoms with Gasteiger partial charge < -0.3 is 24.7 Å². The predicted molar refractivity (Wildman–Crippen MR) is 120 cm³/mol. The Bertz CT molecular complexity index is 1080. The summed E-state index contributed by atoms with van der Waals surface area (Å²) < 4.78 is 11.1. The van der Waals surface area contributed by atoms with E-state index in [0.29, 0.717) is 32.0 Å². The van der Waals surface area contributed by atoms with Gasteiger partial charge in [0.1, 0.15) is 5.82 Å². The van der Waals surface area contributed by atoms with Gasteiger partial charge in [-0.05, 0) is 37.1 Å². The highest BCUT2D eigenvalue weighted by molar-refractivity contribution is 5.74. The van der Waals surface area contributed by atoms with Crippen LogP contribution >= 0.6 is 0 Å². The van der Waals surface area contributed by atoms with E-state index >= 15 is 0 Å². The van der Waals surface area contributed by atoms with Crippen molar-refractivity contribution in [2.45, 2.75) is 38.8 Å². The van der Waals surface area contributed by atoms with E-state index in [1.165, 1.54) is 6.39 Å². The van der Waals surface area contributed by atoms with E-state index < -0.39 is 0 Å². The van der Waals surface area contributed by atoms with Crippen molar-refractivity contribution in [1.29, 1.82) is 0 Å². The van der Waals surface area contributed by atoms with Crippen LogP contribution in [0.25, 0.3) is 11.3 Å². The number of oxazole rings is 1. The summed E-state index contributed by atoms with van der Waals surface area (Å²) in [7, 11) is 0. The van der Waals surface area contributed by atoms with Crippen LogP contribution < -0.4 is 10.6 Å². The minimum absolute atomic E-state index is 0.0646. The lowest BCUT2D eigenvalue weighted by Crippen LogP contribution is -2.35. The van der Waals surface area contributed by atoms with Crippen molar-refractivity contribution in [2.75, 3.05) is 30.3 Å². The Morgan fingerprint density at radius 2 is 2.12 bits per heavy atom. The second-order valence-electron chi connectivity index (χ2n) is 8.10. The third-order valence-electron chi connectivity index (χ3n) is 5.88. The Kier molecular flexibility index (Phi) is 5.72.